The van der Waals surface area contributed by atoms with E-state index in [1.807, 2.05) is 0 Å². The van der Waals surface area contributed by atoms with Crippen molar-refractivity contribution in [2.45, 2.75) is 27.7 Å². The molecule has 288 valence electrons. The highest BCUT2D eigenvalue weighted by Crippen LogP contribution is 2.41. The summed E-state index contributed by atoms with van der Waals surface area (Å²) in [6, 6.07) is 69.3. The molecule has 0 N–H and O–H groups in total. The van der Waals surface area contributed by atoms with Crippen LogP contribution < -0.4 is 4.90 Å². The molecule has 60 heavy (non-hydrogen) atoms. The van der Waals surface area contributed by atoms with E-state index in [0.717, 1.165) is 62.2 Å². The second-order valence-corrected chi connectivity index (χ2v) is 15.7. The van der Waals surface area contributed by atoms with Gasteiger partial charge in [0.05, 0.1) is 22.4 Å². The van der Waals surface area contributed by atoms with Gasteiger partial charge in [0.1, 0.15) is 0 Å². The molecule has 10 rings (SSSR count). The van der Waals surface area contributed by atoms with Crippen molar-refractivity contribution in [2.75, 3.05) is 4.90 Å². The number of fused-ring (bicyclic) bond motifs is 3. The van der Waals surface area contributed by atoms with Crippen molar-refractivity contribution in [3.05, 3.63) is 216 Å². The smallest absolute Gasteiger partial charge is 0.160 e. The van der Waals surface area contributed by atoms with E-state index in [-0.39, 0.29) is 0 Å². The molecule has 0 unspecified atom stereocenters. The molecule has 4 nitrogen and oxygen atoms in total. The standard InChI is InChI=1S/C56H44N4/c1-37-17-11-13-23-47(37)52-36-51(57-56(58-52)48-24-14-12-18-38(48)2)41-27-29-42(30-28-41)55-39(3)33-46(34-40(55)4)60-53-26-16-15-25-49(53)50-35-45(31-32-54(50)60)59(43-19-7-5-8-20-43)44-21-9-6-10-22-44/h5-36H,1-4H3. The van der Waals surface area contributed by atoms with Crippen molar-refractivity contribution in [2.24, 2.45) is 0 Å². The van der Waals surface area contributed by atoms with Crippen LogP contribution in [0.25, 0.3) is 72.5 Å². The minimum Gasteiger partial charge on any atom is -0.310 e. The normalized spacial score (nSPS) is 11.3. The zero-order chi connectivity index (χ0) is 40.7. The highest BCUT2D eigenvalue weighted by atomic mass is 15.1. The molecular weight excluding hydrogens is 729 g/mol. The molecule has 0 atom stereocenters. The van der Waals surface area contributed by atoms with Crippen molar-refractivity contribution in [1.82, 2.24) is 14.5 Å². The summed E-state index contributed by atoms with van der Waals surface area (Å²) in [5.74, 6) is 0.737. The van der Waals surface area contributed by atoms with Gasteiger partial charge in [0.25, 0.3) is 0 Å². The SMILES string of the molecule is Cc1ccccc1-c1cc(-c2ccc(-c3c(C)cc(-n4c5ccccc5c5cc(N(c6ccccc6)c6ccccc6)ccc54)cc3C)cc2)nc(-c2ccccc2C)n1. The molecule has 0 amide bonds. The molecule has 10 aromatic rings. The van der Waals surface area contributed by atoms with Crippen LogP contribution in [0, 0.1) is 27.7 Å². The van der Waals surface area contributed by atoms with Gasteiger partial charge in [-0.05, 0) is 128 Å². The summed E-state index contributed by atoms with van der Waals surface area (Å²) in [6.07, 6.45) is 0. The number of hydrogen-bond acceptors (Lipinski definition) is 3. The van der Waals surface area contributed by atoms with Gasteiger partial charge < -0.3 is 9.47 Å². The van der Waals surface area contributed by atoms with Crippen molar-refractivity contribution in [1.29, 1.82) is 0 Å². The summed E-state index contributed by atoms with van der Waals surface area (Å²) in [5, 5.41) is 2.45. The molecule has 0 saturated heterocycles. The molecule has 0 spiro atoms. The molecule has 0 aliphatic heterocycles. The molecule has 8 aromatic carbocycles. The summed E-state index contributed by atoms with van der Waals surface area (Å²) in [4.78, 5) is 12.6. The molecule has 0 fully saturated rings. The molecule has 2 heterocycles. The summed E-state index contributed by atoms with van der Waals surface area (Å²) in [5.41, 5.74) is 19.1. The summed E-state index contributed by atoms with van der Waals surface area (Å²) in [6.45, 7) is 8.72. The largest absolute Gasteiger partial charge is 0.310 e. The van der Waals surface area contributed by atoms with Crippen molar-refractivity contribution in [3.63, 3.8) is 0 Å². The van der Waals surface area contributed by atoms with Crippen LogP contribution in [0.15, 0.2) is 194 Å². The number of rotatable bonds is 8. The van der Waals surface area contributed by atoms with Gasteiger partial charge in [-0.25, -0.2) is 9.97 Å². The van der Waals surface area contributed by atoms with E-state index in [4.69, 9.17) is 9.97 Å². The Hall–Kier alpha value is -7.56. The molecule has 0 aliphatic rings. The maximum Gasteiger partial charge on any atom is 0.160 e. The third kappa shape index (κ3) is 6.62. The van der Waals surface area contributed by atoms with E-state index >= 15 is 0 Å². The van der Waals surface area contributed by atoms with Crippen LogP contribution in [-0.4, -0.2) is 14.5 Å². The van der Waals surface area contributed by atoms with Crippen LogP contribution in [0.5, 0.6) is 0 Å². The number of aromatic nitrogens is 3. The first kappa shape index (κ1) is 36.8. The van der Waals surface area contributed by atoms with Gasteiger partial charge >= 0.3 is 0 Å². The maximum absolute atomic E-state index is 5.15. The highest BCUT2D eigenvalue weighted by molar-refractivity contribution is 6.10. The van der Waals surface area contributed by atoms with E-state index in [2.05, 4.69) is 231 Å². The summed E-state index contributed by atoms with van der Waals surface area (Å²) >= 11 is 0. The minimum absolute atomic E-state index is 0.737. The lowest BCUT2D eigenvalue weighted by atomic mass is 9.93. The van der Waals surface area contributed by atoms with E-state index in [9.17, 15) is 0 Å². The number of anilines is 3. The maximum atomic E-state index is 5.15. The van der Waals surface area contributed by atoms with E-state index in [1.54, 1.807) is 0 Å². The second kappa shape index (κ2) is 15.3. The molecule has 0 saturated carbocycles. The van der Waals surface area contributed by atoms with Crippen LogP contribution in [0.1, 0.15) is 22.3 Å². The van der Waals surface area contributed by atoms with Crippen LogP contribution >= 0.6 is 0 Å². The van der Waals surface area contributed by atoms with Gasteiger partial charge in [0.15, 0.2) is 5.82 Å². The number of benzene rings is 8. The average Bonchev–Trinajstić information content (AvgIpc) is 3.61. The predicted molar refractivity (Wildman–Crippen MR) is 252 cm³/mol. The number of nitrogens with zero attached hydrogens (tertiary/aromatic N) is 4. The Morgan fingerprint density at radius 1 is 0.383 bits per heavy atom. The Balaban J connectivity index is 1.04. The van der Waals surface area contributed by atoms with Gasteiger partial charge in [-0.3, -0.25) is 0 Å². The highest BCUT2D eigenvalue weighted by Gasteiger charge is 2.19. The predicted octanol–water partition coefficient (Wildman–Crippen LogP) is 14.9. The number of aryl methyl sites for hydroxylation is 4. The lowest BCUT2D eigenvalue weighted by Crippen LogP contribution is -2.09. The van der Waals surface area contributed by atoms with Gasteiger partial charge in [-0.15, -0.1) is 0 Å². The van der Waals surface area contributed by atoms with Gasteiger partial charge in [0, 0.05) is 50.2 Å². The van der Waals surface area contributed by atoms with Crippen LogP contribution in [0.2, 0.25) is 0 Å². The average molecular weight is 773 g/mol. The number of hydrogen-bond donors (Lipinski definition) is 0. The molecule has 2 aromatic heterocycles. The van der Waals surface area contributed by atoms with E-state index in [1.165, 1.54) is 49.6 Å². The first-order chi connectivity index (χ1) is 29.4. The zero-order valence-electron chi connectivity index (χ0n) is 34.3. The van der Waals surface area contributed by atoms with Crippen molar-refractivity contribution < 1.29 is 0 Å². The Bertz CT molecular complexity index is 3050. The first-order valence-electron chi connectivity index (χ1n) is 20.6. The lowest BCUT2D eigenvalue weighted by molar-refractivity contribution is 1.16. The molecule has 0 aliphatic carbocycles. The van der Waals surface area contributed by atoms with Crippen molar-refractivity contribution >= 4 is 38.9 Å². The third-order valence-corrected chi connectivity index (χ3v) is 11.7. The van der Waals surface area contributed by atoms with E-state index < -0.39 is 0 Å². The summed E-state index contributed by atoms with van der Waals surface area (Å²) in [7, 11) is 0. The third-order valence-electron chi connectivity index (χ3n) is 11.7. The van der Waals surface area contributed by atoms with Gasteiger partial charge in [-0.2, -0.15) is 0 Å². The Morgan fingerprint density at radius 2 is 0.917 bits per heavy atom. The Kier molecular flexibility index (Phi) is 9.38. The monoisotopic (exact) mass is 772 g/mol. The van der Waals surface area contributed by atoms with Gasteiger partial charge in [0.2, 0.25) is 0 Å². The first-order valence-corrected chi connectivity index (χ1v) is 20.6. The quantitative estimate of drug-likeness (QED) is 0.154. The Morgan fingerprint density at radius 3 is 1.57 bits per heavy atom. The lowest BCUT2D eigenvalue weighted by Gasteiger charge is -2.25. The number of para-hydroxylation sites is 3. The second-order valence-electron chi connectivity index (χ2n) is 15.7. The van der Waals surface area contributed by atoms with Crippen LogP contribution in [0.3, 0.4) is 0 Å². The van der Waals surface area contributed by atoms with Crippen molar-refractivity contribution in [3.8, 4) is 50.7 Å². The van der Waals surface area contributed by atoms with E-state index in [0.29, 0.717) is 0 Å². The fraction of sp³-hybridized carbons (Fsp3) is 0.0714. The molecule has 4 heteroatoms. The Labute approximate surface area is 351 Å². The van der Waals surface area contributed by atoms with Gasteiger partial charge in [-0.1, -0.05) is 127 Å². The molecular formula is C56H44N4. The van der Waals surface area contributed by atoms with Crippen LogP contribution in [0.4, 0.5) is 17.1 Å². The molecule has 0 radical (unpaired) electrons. The summed E-state index contributed by atoms with van der Waals surface area (Å²) < 4.78 is 2.42. The zero-order valence-corrected chi connectivity index (χ0v) is 34.3. The van der Waals surface area contributed by atoms with Crippen LogP contribution in [-0.2, 0) is 0 Å². The topological polar surface area (TPSA) is 34.0 Å². The fourth-order valence-electron chi connectivity index (χ4n) is 8.85. The minimum atomic E-state index is 0.737. The molecule has 0 bridgehead atoms. The fourth-order valence-corrected chi connectivity index (χ4v) is 8.85.